The maximum atomic E-state index is 14.0. The first-order valence-corrected chi connectivity index (χ1v) is 7.18. The van der Waals surface area contributed by atoms with E-state index in [0.29, 0.717) is 13.0 Å². The van der Waals surface area contributed by atoms with E-state index in [1.54, 1.807) is 6.07 Å². The molecule has 0 aromatic heterocycles. The number of hydrogen-bond acceptors (Lipinski definition) is 2. The molecule has 0 saturated carbocycles. The molecule has 0 aliphatic heterocycles. The second-order valence-electron chi connectivity index (χ2n) is 5.66. The number of aryl methyl sites for hydroxylation is 2. The van der Waals surface area contributed by atoms with E-state index < -0.39 is 0 Å². The van der Waals surface area contributed by atoms with Crippen LogP contribution >= 0.6 is 0 Å². The Labute approximate surface area is 125 Å². The largest absolute Gasteiger partial charge is 0.486 e. The lowest BCUT2D eigenvalue weighted by atomic mass is 10.1. The monoisotopic (exact) mass is 287 g/mol. The highest BCUT2D eigenvalue weighted by molar-refractivity contribution is 5.32. The lowest BCUT2D eigenvalue weighted by Gasteiger charge is -2.12. The minimum Gasteiger partial charge on any atom is -0.486 e. The smallest absolute Gasteiger partial charge is 0.165 e. The molecular formula is C18H22FNO. The topological polar surface area (TPSA) is 35.2 Å². The van der Waals surface area contributed by atoms with Crippen LogP contribution in [0.5, 0.6) is 5.75 Å². The first-order chi connectivity index (χ1) is 9.95. The van der Waals surface area contributed by atoms with Crippen LogP contribution in [0.2, 0.25) is 0 Å². The summed E-state index contributed by atoms with van der Waals surface area (Å²) in [7, 11) is 0. The van der Waals surface area contributed by atoms with Crippen molar-refractivity contribution in [1.29, 1.82) is 0 Å². The Bertz CT molecular complexity index is 623. The summed E-state index contributed by atoms with van der Waals surface area (Å²) >= 11 is 0. The maximum absolute atomic E-state index is 14.0. The second-order valence-corrected chi connectivity index (χ2v) is 5.66. The fourth-order valence-electron chi connectivity index (χ4n) is 2.27. The van der Waals surface area contributed by atoms with Crippen molar-refractivity contribution in [2.75, 3.05) is 0 Å². The van der Waals surface area contributed by atoms with Gasteiger partial charge in [0.25, 0.3) is 0 Å². The first-order valence-electron chi connectivity index (χ1n) is 7.18. The molecule has 0 bridgehead atoms. The molecule has 1 unspecified atom stereocenters. The number of nitrogens with two attached hydrogens (primary N) is 1. The normalized spacial score (nSPS) is 12.2. The fraction of sp³-hybridized carbons (Fsp3) is 0.333. The zero-order valence-corrected chi connectivity index (χ0v) is 12.8. The van der Waals surface area contributed by atoms with Gasteiger partial charge in [0.1, 0.15) is 6.61 Å². The predicted molar refractivity (Wildman–Crippen MR) is 84.0 cm³/mol. The van der Waals surface area contributed by atoms with Gasteiger partial charge in [0.05, 0.1) is 0 Å². The standard InChI is InChI=1S/C18H22FNO/c1-12-4-5-13(2)16(8-12)11-21-18-7-6-15(9-14(3)20)10-17(18)19/h4-8,10,14H,9,11,20H2,1-3H3. The first kappa shape index (κ1) is 15.5. The van der Waals surface area contributed by atoms with Gasteiger partial charge < -0.3 is 10.5 Å². The highest BCUT2D eigenvalue weighted by Gasteiger charge is 2.07. The summed E-state index contributed by atoms with van der Waals surface area (Å²) in [5.41, 5.74) is 10.0. The van der Waals surface area contributed by atoms with Crippen LogP contribution < -0.4 is 10.5 Å². The Morgan fingerprint density at radius 2 is 1.90 bits per heavy atom. The van der Waals surface area contributed by atoms with Crippen molar-refractivity contribution in [3.05, 3.63) is 64.5 Å². The Balaban J connectivity index is 2.08. The van der Waals surface area contributed by atoms with E-state index in [9.17, 15) is 4.39 Å². The minimum absolute atomic E-state index is 0.0195. The van der Waals surface area contributed by atoms with Crippen LogP contribution in [0.25, 0.3) is 0 Å². The van der Waals surface area contributed by atoms with Gasteiger partial charge in [0.15, 0.2) is 11.6 Å². The number of benzene rings is 2. The molecule has 0 aliphatic carbocycles. The number of halogens is 1. The molecular weight excluding hydrogens is 265 g/mol. The summed E-state index contributed by atoms with van der Waals surface area (Å²) in [5, 5.41) is 0. The van der Waals surface area contributed by atoms with Gasteiger partial charge in [0, 0.05) is 6.04 Å². The molecule has 21 heavy (non-hydrogen) atoms. The van der Waals surface area contributed by atoms with Crippen LogP contribution in [0, 0.1) is 19.7 Å². The van der Waals surface area contributed by atoms with Crippen LogP contribution in [0.3, 0.4) is 0 Å². The molecule has 0 aliphatic rings. The molecule has 112 valence electrons. The zero-order valence-electron chi connectivity index (χ0n) is 12.8. The Kier molecular flexibility index (Phi) is 4.97. The summed E-state index contributed by atoms with van der Waals surface area (Å²) in [6.07, 6.45) is 0.661. The van der Waals surface area contributed by atoms with Crippen LogP contribution in [-0.4, -0.2) is 6.04 Å². The van der Waals surface area contributed by atoms with Crippen molar-refractivity contribution < 1.29 is 9.13 Å². The zero-order chi connectivity index (χ0) is 15.4. The van der Waals surface area contributed by atoms with Crippen LogP contribution in [0.4, 0.5) is 4.39 Å². The van der Waals surface area contributed by atoms with E-state index in [1.807, 2.05) is 26.8 Å². The van der Waals surface area contributed by atoms with Gasteiger partial charge in [-0.2, -0.15) is 0 Å². The Hall–Kier alpha value is -1.87. The van der Waals surface area contributed by atoms with Crippen LogP contribution in [0.1, 0.15) is 29.2 Å². The average Bonchev–Trinajstić information content (AvgIpc) is 2.41. The Morgan fingerprint density at radius 3 is 2.57 bits per heavy atom. The minimum atomic E-state index is -0.335. The van der Waals surface area contributed by atoms with Crippen LogP contribution in [-0.2, 0) is 13.0 Å². The van der Waals surface area contributed by atoms with Gasteiger partial charge in [-0.25, -0.2) is 4.39 Å². The van der Waals surface area contributed by atoms with E-state index >= 15 is 0 Å². The highest BCUT2D eigenvalue weighted by atomic mass is 19.1. The molecule has 2 aromatic carbocycles. The number of hydrogen-bond donors (Lipinski definition) is 1. The van der Waals surface area contributed by atoms with Crippen molar-refractivity contribution in [3.63, 3.8) is 0 Å². The van der Waals surface area contributed by atoms with Gasteiger partial charge in [0.2, 0.25) is 0 Å². The molecule has 0 heterocycles. The summed E-state index contributed by atoms with van der Waals surface area (Å²) in [6.45, 7) is 6.34. The third-order valence-corrected chi connectivity index (χ3v) is 3.44. The molecule has 2 aromatic rings. The molecule has 2 nitrogen and oxygen atoms in total. The van der Waals surface area contributed by atoms with Gasteiger partial charge in [-0.15, -0.1) is 0 Å². The van der Waals surface area contributed by atoms with Crippen molar-refractivity contribution >= 4 is 0 Å². The predicted octanol–water partition coefficient (Wildman–Crippen LogP) is 3.91. The molecule has 2 rings (SSSR count). The van der Waals surface area contributed by atoms with E-state index in [0.717, 1.165) is 16.7 Å². The maximum Gasteiger partial charge on any atom is 0.165 e. The third-order valence-electron chi connectivity index (χ3n) is 3.44. The van der Waals surface area contributed by atoms with Crippen molar-refractivity contribution in [1.82, 2.24) is 0 Å². The van der Waals surface area contributed by atoms with E-state index in [1.165, 1.54) is 11.6 Å². The van der Waals surface area contributed by atoms with Gasteiger partial charge in [-0.3, -0.25) is 0 Å². The summed E-state index contributed by atoms with van der Waals surface area (Å²) < 4.78 is 19.6. The lowest BCUT2D eigenvalue weighted by Crippen LogP contribution is -2.17. The summed E-state index contributed by atoms with van der Waals surface area (Å²) in [6, 6.07) is 11.2. The van der Waals surface area contributed by atoms with Gasteiger partial charge >= 0.3 is 0 Å². The van der Waals surface area contributed by atoms with E-state index in [2.05, 4.69) is 18.2 Å². The van der Waals surface area contributed by atoms with Crippen LogP contribution in [0.15, 0.2) is 36.4 Å². The van der Waals surface area contributed by atoms with E-state index in [-0.39, 0.29) is 17.6 Å². The molecule has 0 fully saturated rings. The average molecular weight is 287 g/mol. The van der Waals surface area contributed by atoms with Gasteiger partial charge in [-0.1, -0.05) is 29.8 Å². The molecule has 3 heteroatoms. The molecule has 2 N–H and O–H groups in total. The second kappa shape index (κ2) is 6.72. The number of rotatable bonds is 5. The number of ether oxygens (including phenoxy) is 1. The van der Waals surface area contributed by atoms with E-state index in [4.69, 9.17) is 10.5 Å². The molecule has 1 atom stereocenters. The lowest BCUT2D eigenvalue weighted by molar-refractivity contribution is 0.289. The highest BCUT2D eigenvalue weighted by Crippen LogP contribution is 2.21. The summed E-state index contributed by atoms with van der Waals surface area (Å²) in [4.78, 5) is 0. The summed E-state index contributed by atoms with van der Waals surface area (Å²) in [5.74, 6) is -0.0530. The fourth-order valence-corrected chi connectivity index (χ4v) is 2.27. The molecule has 0 radical (unpaired) electrons. The van der Waals surface area contributed by atoms with Crippen molar-refractivity contribution in [2.24, 2.45) is 5.73 Å². The van der Waals surface area contributed by atoms with Crippen molar-refractivity contribution in [2.45, 2.75) is 39.8 Å². The SMILES string of the molecule is Cc1ccc(C)c(COc2ccc(CC(C)N)cc2F)c1. The van der Waals surface area contributed by atoms with Gasteiger partial charge in [-0.05, 0) is 56.0 Å². The molecule has 0 amide bonds. The van der Waals surface area contributed by atoms with Crippen molar-refractivity contribution in [3.8, 4) is 5.75 Å². The molecule has 0 spiro atoms. The Morgan fingerprint density at radius 1 is 1.14 bits per heavy atom. The quantitative estimate of drug-likeness (QED) is 0.905. The third kappa shape index (κ3) is 4.30. The molecule has 0 saturated heterocycles.